The summed E-state index contributed by atoms with van der Waals surface area (Å²) in [7, 11) is 0. The summed E-state index contributed by atoms with van der Waals surface area (Å²) in [6.07, 6.45) is -4.01. The van der Waals surface area contributed by atoms with E-state index >= 15 is 0 Å². The minimum atomic E-state index is -4.71. The molecule has 1 heterocycles. The number of rotatable bonds is 3. The van der Waals surface area contributed by atoms with E-state index in [-0.39, 0.29) is 5.75 Å². The van der Waals surface area contributed by atoms with Gasteiger partial charge in [-0.05, 0) is 43.3 Å². The van der Waals surface area contributed by atoms with Crippen LogP contribution in [-0.4, -0.2) is 17.6 Å². The molecule has 104 valence electrons. The predicted octanol–water partition coefficient (Wildman–Crippen LogP) is 3.77. The van der Waals surface area contributed by atoms with Crippen molar-refractivity contribution >= 4 is 6.29 Å². The van der Waals surface area contributed by atoms with Gasteiger partial charge in [-0.15, -0.1) is 13.2 Å². The Morgan fingerprint density at radius 1 is 1.10 bits per heavy atom. The van der Waals surface area contributed by atoms with Crippen molar-refractivity contribution in [3.8, 4) is 17.0 Å². The number of benzene rings is 1. The Hall–Kier alpha value is -2.37. The standard InChI is InChI=1S/C14H10F3NO2/c1-9-11(8-19)4-7-13(18-9)10-2-5-12(6-3-10)20-14(15,16)17/h2-8H,1H3. The van der Waals surface area contributed by atoms with Crippen molar-refractivity contribution in [1.29, 1.82) is 0 Å². The second-order valence-electron chi connectivity index (χ2n) is 4.06. The van der Waals surface area contributed by atoms with Gasteiger partial charge in [0.1, 0.15) is 5.75 Å². The number of hydrogen-bond donors (Lipinski definition) is 0. The molecule has 0 amide bonds. The third-order valence-electron chi connectivity index (χ3n) is 2.64. The van der Waals surface area contributed by atoms with Gasteiger partial charge in [-0.2, -0.15) is 0 Å². The number of halogens is 3. The van der Waals surface area contributed by atoms with Crippen LogP contribution in [0.3, 0.4) is 0 Å². The normalized spacial score (nSPS) is 11.2. The van der Waals surface area contributed by atoms with E-state index in [2.05, 4.69) is 9.72 Å². The smallest absolute Gasteiger partial charge is 0.406 e. The summed E-state index contributed by atoms with van der Waals surface area (Å²) in [6.45, 7) is 1.69. The average Bonchev–Trinajstić information content (AvgIpc) is 2.37. The molecule has 0 aliphatic carbocycles. The molecule has 3 nitrogen and oxygen atoms in total. The first-order chi connectivity index (χ1) is 9.39. The number of nitrogens with zero attached hydrogens (tertiary/aromatic N) is 1. The highest BCUT2D eigenvalue weighted by Gasteiger charge is 2.30. The minimum Gasteiger partial charge on any atom is -0.406 e. The van der Waals surface area contributed by atoms with Gasteiger partial charge >= 0.3 is 6.36 Å². The Balaban J connectivity index is 2.26. The lowest BCUT2D eigenvalue weighted by atomic mass is 10.1. The van der Waals surface area contributed by atoms with Gasteiger partial charge in [0.2, 0.25) is 0 Å². The first-order valence-electron chi connectivity index (χ1n) is 5.68. The third-order valence-corrected chi connectivity index (χ3v) is 2.64. The van der Waals surface area contributed by atoms with E-state index < -0.39 is 6.36 Å². The van der Waals surface area contributed by atoms with E-state index in [1.165, 1.54) is 24.3 Å². The van der Waals surface area contributed by atoms with Crippen LogP contribution in [0.25, 0.3) is 11.3 Å². The number of aromatic nitrogens is 1. The maximum atomic E-state index is 12.0. The summed E-state index contributed by atoms with van der Waals surface area (Å²) in [6, 6.07) is 8.63. The van der Waals surface area contributed by atoms with E-state index in [4.69, 9.17) is 0 Å². The molecule has 2 aromatic rings. The second-order valence-corrected chi connectivity index (χ2v) is 4.06. The van der Waals surface area contributed by atoms with E-state index in [0.717, 1.165) is 0 Å². The number of carbonyl (C=O) groups is 1. The SMILES string of the molecule is Cc1nc(-c2ccc(OC(F)(F)F)cc2)ccc1C=O. The van der Waals surface area contributed by atoms with Crippen LogP contribution in [0.1, 0.15) is 16.1 Å². The van der Waals surface area contributed by atoms with Crippen molar-refractivity contribution in [2.75, 3.05) is 0 Å². The zero-order valence-electron chi connectivity index (χ0n) is 10.4. The van der Waals surface area contributed by atoms with Crippen molar-refractivity contribution in [3.05, 3.63) is 47.7 Å². The lowest BCUT2D eigenvalue weighted by Gasteiger charge is -2.09. The first kappa shape index (κ1) is 14.0. The maximum absolute atomic E-state index is 12.0. The van der Waals surface area contributed by atoms with Gasteiger partial charge in [0.05, 0.1) is 5.69 Å². The highest BCUT2D eigenvalue weighted by atomic mass is 19.4. The van der Waals surface area contributed by atoms with Gasteiger partial charge in [-0.3, -0.25) is 9.78 Å². The van der Waals surface area contributed by atoms with Crippen LogP contribution in [0.15, 0.2) is 36.4 Å². The summed E-state index contributed by atoms with van der Waals surface area (Å²) in [5, 5.41) is 0. The van der Waals surface area contributed by atoms with Gasteiger partial charge in [0.25, 0.3) is 0 Å². The molecule has 1 aromatic heterocycles. The van der Waals surface area contributed by atoms with E-state index in [1.54, 1.807) is 19.1 Å². The van der Waals surface area contributed by atoms with E-state index in [9.17, 15) is 18.0 Å². The van der Waals surface area contributed by atoms with Gasteiger partial charge in [0.15, 0.2) is 6.29 Å². The molecule has 2 rings (SSSR count). The molecule has 0 fully saturated rings. The lowest BCUT2D eigenvalue weighted by molar-refractivity contribution is -0.274. The number of aryl methyl sites for hydroxylation is 1. The zero-order valence-corrected chi connectivity index (χ0v) is 10.4. The molecule has 0 aliphatic rings. The monoisotopic (exact) mass is 281 g/mol. The molecule has 0 saturated heterocycles. The molecule has 0 unspecified atom stereocenters. The second kappa shape index (κ2) is 5.32. The van der Waals surface area contributed by atoms with Crippen LogP contribution in [0, 0.1) is 6.92 Å². The summed E-state index contributed by atoms with van der Waals surface area (Å²) in [5.41, 5.74) is 2.26. The van der Waals surface area contributed by atoms with Crippen molar-refractivity contribution in [2.24, 2.45) is 0 Å². The fourth-order valence-corrected chi connectivity index (χ4v) is 1.68. The summed E-state index contributed by atoms with van der Waals surface area (Å²) < 4.78 is 39.9. The summed E-state index contributed by atoms with van der Waals surface area (Å²) in [5.74, 6) is -0.289. The fraction of sp³-hybridized carbons (Fsp3) is 0.143. The van der Waals surface area contributed by atoms with Crippen molar-refractivity contribution < 1.29 is 22.7 Å². The number of aldehydes is 1. The minimum absolute atomic E-state index is 0.289. The Morgan fingerprint density at radius 2 is 1.75 bits per heavy atom. The van der Waals surface area contributed by atoms with Gasteiger partial charge in [-0.1, -0.05) is 0 Å². The number of pyridine rings is 1. The van der Waals surface area contributed by atoms with Crippen LogP contribution in [0.2, 0.25) is 0 Å². The van der Waals surface area contributed by atoms with Gasteiger partial charge in [0, 0.05) is 16.8 Å². The highest BCUT2D eigenvalue weighted by Crippen LogP contribution is 2.26. The Morgan fingerprint density at radius 3 is 2.25 bits per heavy atom. The third kappa shape index (κ3) is 3.34. The molecule has 0 spiro atoms. The Bertz CT molecular complexity index is 621. The molecular weight excluding hydrogens is 271 g/mol. The van der Waals surface area contributed by atoms with Crippen molar-refractivity contribution in [1.82, 2.24) is 4.98 Å². The molecular formula is C14H10F3NO2. The van der Waals surface area contributed by atoms with E-state index in [0.29, 0.717) is 28.8 Å². The molecule has 0 N–H and O–H groups in total. The molecule has 0 radical (unpaired) electrons. The predicted molar refractivity (Wildman–Crippen MR) is 66.5 cm³/mol. The highest BCUT2D eigenvalue weighted by molar-refractivity contribution is 5.77. The Labute approximate surface area is 113 Å². The van der Waals surface area contributed by atoms with Crippen LogP contribution in [0.4, 0.5) is 13.2 Å². The molecule has 0 aliphatic heterocycles. The van der Waals surface area contributed by atoms with Gasteiger partial charge < -0.3 is 4.74 Å². The number of hydrogen-bond acceptors (Lipinski definition) is 3. The molecule has 0 atom stereocenters. The number of alkyl halides is 3. The molecule has 20 heavy (non-hydrogen) atoms. The van der Waals surface area contributed by atoms with Crippen LogP contribution in [-0.2, 0) is 0 Å². The molecule has 6 heteroatoms. The molecule has 0 bridgehead atoms. The van der Waals surface area contributed by atoms with Crippen LogP contribution >= 0.6 is 0 Å². The lowest BCUT2D eigenvalue weighted by Crippen LogP contribution is -2.16. The summed E-state index contributed by atoms with van der Waals surface area (Å²) in [4.78, 5) is 14.9. The maximum Gasteiger partial charge on any atom is 0.573 e. The largest absolute Gasteiger partial charge is 0.573 e. The fourth-order valence-electron chi connectivity index (χ4n) is 1.68. The van der Waals surface area contributed by atoms with Crippen molar-refractivity contribution in [3.63, 3.8) is 0 Å². The van der Waals surface area contributed by atoms with Crippen molar-refractivity contribution in [2.45, 2.75) is 13.3 Å². The van der Waals surface area contributed by atoms with E-state index in [1.807, 2.05) is 0 Å². The zero-order chi connectivity index (χ0) is 14.8. The Kier molecular flexibility index (Phi) is 3.74. The number of ether oxygens (including phenoxy) is 1. The summed E-state index contributed by atoms with van der Waals surface area (Å²) >= 11 is 0. The average molecular weight is 281 g/mol. The topological polar surface area (TPSA) is 39.2 Å². The number of carbonyl (C=O) groups excluding carboxylic acids is 1. The molecule has 0 saturated carbocycles. The molecule has 1 aromatic carbocycles. The van der Waals surface area contributed by atoms with Gasteiger partial charge in [-0.25, -0.2) is 0 Å². The quantitative estimate of drug-likeness (QED) is 0.804. The van der Waals surface area contributed by atoms with Crippen LogP contribution in [0.5, 0.6) is 5.75 Å². The van der Waals surface area contributed by atoms with Crippen LogP contribution < -0.4 is 4.74 Å². The first-order valence-corrected chi connectivity index (χ1v) is 5.68.